The van der Waals surface area contributed by atoms with Gasteiger partial charge in [0.05, 0.1) is 25.6 Å². The predicted molar refractivity (Wildman–Crippen MR) is 125 cm³/mol. The summed E-state index contributed by atoms with van der Waals surface area (Å²) in [6, 6.07) is 18.6. The summed E-state index contributed by atoms with van der Waals surface area (Å²) in [5.41, 5.74) is 2.15. The number of benzene rings is 2. The number of methoxy groups -OCH3 is 1. The number of aryl methyl sites for hydroxylation is 1. The van der Waals surface area contributed by atoms with Crippen molar-refractivity contribution in [3.8, 4) is 5.75 Å². The molecule has 0 spiro atoms. The van der Waals surface area contributed by atoms with Gasteiger partial charge in [0.2, 0.25) is 15.9 Å². The summed E-state index contributed by atoms with van der Waals surface area (Å²) in [5, 5.41) is 1.96. The van der Waals surface area contributed by atoms with Gasteiger partial charge in [-0.25, -0.2) is 8.42 Å². The van der Waals surface area contributed by atoms with E-state index in [1.807, 2.05) is 60.8 Å². The molecule has 2 aromatic carbocycles. The Hall–Kier alpha value is -2.84. The SMILES string of the molecule is COc1ccccc1CN(Cc1cccs1)C(=O)CN(c1ccccc1C)S(C)(=O)=O. The third kappa shape index (κ3) is 5.86. The molecule has 1 heterocycles. The van der Waals surface area contributed by atoms with Crippen LogP contribution in [-0.4, -0.2) is 39.1 Å². The smallest absolute Gasteiger partial charge is 0.243 e. The number of anilines is 1. The minimum Gasteiger partial charge on any atom is -0.496 e. The number of thiophene rings is 1. The van der Waals surface area contributed by atoms with Gasteiger partial charge >= 0.3 is 0 Å². The van der Waals surface area contributed by atoms with Crippen LogP contribution in [0.4, 0.5) is 5.69 Å². The monoisotopic (exact) mass is 458 g/mol. The zero-order chi connectivity index (χ0) is 22.4. The molecule has 0 unspecified atom stereocenters. The minimum absolute atomic E-state index is 0.274. The summed E-state index contributed by atoms with van der Waals surface area (Å²) >= 11 is 1.56. The lowest BCUT2D eigenvalue weighted by Crippen LogP contribution is -2.42. The largest absolute Gasteiger partial charge is 0.496 e. The van der Waals surface area contributed by atoms with E-state index >= 15 is 0 Å². The molecular weight excluding hydrogens is 432 g/mol. The number of para-hydroxylation sites is 2. The van der Waals surface area contributed by atoms with Gasteiger partial charge < -0.3 is 9.64 Å². The Morgan fingerprint density at radius 3 is 2.35 bits per heavy atom. The summed E-state index contributed by atoms with van der Waals surface area (Å²) in [7, 11) is -2.06. The lowest BCUT2D eigenvalue weighted by atomic mass is 10.1. The Morgan fingerprint density at radius 1 is 1.00 bits per heavy atom. The molecule has 164 valence electrons. The highest BCUT2D eigenvalue weighted by Gasteiger charge is 2.26. The lowest BCUT2D eigenvalue weighted by molar-refractivity contribution is -0.130. The zero-order valence-corrected chi connectivity index (χ0v) is 19.4. The maximum atomic E-state index is 13.4. The van der Waals surface area contributed by atoms with E-state index in [0.717, 1.165) is 22.3 Å². The number of hydrogen-bond donors (Lipinski definition) is 0. The van der Waals surface area contributed by atoms with Crippen LogP contribution in [0.2, 0.25) is 0 Å². The first-order chi connectivity index (χ1) is 14.8. The molecule has 0 aliphatic rings. The number of carbonyl (C=O) groups excluding carboxylic acids is 1. The maximum Gasteiger partial charge on any atom is 0.243 e. The second-order valence-electron chi connectivity index (χ2n) is 7.20. The number of carbonyl (C=O) groups is 1. The van der Waals surface area contributed by atoms with Crippen molar-refractivity contribution in [1.29, 1.82) is 0 Å². The molecule has 0 atom stereocenters. The third-order valence-corrected chi connectivity index (χ3v) is 6.88. The van der Waals surface area contributed by atoms with Crippen LogP contribution in [-0.2, 0) is 27.9 Å². The van der Waals surface area contributed by atoms with Gasteiger partial charge in [0.15, 0.2) is 0 Å². The van der Waals surface area contributed by atoms with Crippen LogP contribution in [0.3, 0.4) is 0 Å². The summed E-state index contributed by atoms with van der Waals surface area (Å²) in [5.74, 6) is 0.401. The van der Waals surface area contributed by atoms with Crippen molar-refractivity contribution < 1.29 is 17.9 Å². The molecule has 3 aromatic rings. The normalized spacial score (nSPS) is 11.2. The number of rotatable bonds is 9. The molecular formula is C23H26N2O4S2. The Balaban J connectivity index is 1.92. The van der Waals surface area contributed by atoms with Crippen molar-refractivity contribution in [3.05, 3.63) is 82.0 Å². The Labute approximate surface area is 187 Å². The van der Waals surface area contributed by atoms with Crippen LogP contribution in [0.5, 0.6) is 5.75 Å². The van der Waals surface area contributed by atoms with Gasteiger partial charge in [-0.05, 0) is 36.1 Å². The molecule has 3 rings (SSSR count). The summed E-state index contributed by atoms with van der Waals surface area (Å²) in [6.07, 6.45) is 1.12. The van der Waals surface area contributed by atoms with Gasteiger partial charge in [-0.1, -0.05) is 42.5 Å². The molecule has 6 nitrogen and oxygen atoms in total. The van der Waals surface area contributed by atoms with Crippen LogP contribution < -0.4 is 9.04 Å². The van der Waals surface area contributed by atoms with Crippen LogP contribution in [0.1, 0.15) is 16.0 Å². The van der Waals surface area contributed by atoms with Crippen LogP contribution >= 0.6 is 11.3 Å². The summed E-state index contributed by atoms with van der Waals surface area (Å²) < 4.78 is 31.7. The topological polar surface area (TPSA) is 66.9 Å². The van der Waals surface area contributed by atoms with Crippen LogP contribution in [0.25, 0.3) is 0 Å². The molecule has 0 saturated carbocycles. The van der Waals surface area contributed by atoms with Crippen LogP contribution in [0.15, 0.2) is 66.0 Å². The number of amides is 1. The second-order valence-corrected chi connectivity index (χ2v) is 10.1. The molecule has 8 heteroatoms. The number of nitrogens with zero attached hydrogens (tertiary/aromatic N) is 2. The standard InChI is InChI=1S/C23H26N2O4S2/c1-18-9-4-6-12-21(18)25(31(3,27)28)17-23(26)24(16-20-11-8-14-30-20)15-19-10-5-7-13-22(19)29-2/h4-14H,15-17H2,1-3H3. The Morgan fingerprint density at radius 2 is 1.71 bits per heavy atom. The Bertz CT molecular complexity index is 1130. The highest BCUT2D eigenvalue weighted by Crippen LogP contribution is 2.25. The molecule has 0 aliphatic carbocycles. The molecule has 0 fully saturated rings. The average Bonchev–Trinajstić information content (AvgIpc) is 3.25. The predicted octanol–water partition coefficient (Wildman–Crippen LogP) is 4.06. The van der Waals surface area contributed by atoms with Crippen molar-refractivity contribution in [2.75, 3.05) is 24.2 Å². The van der Waals surface area contributed by atoms with Crippen molar-refractivity contribution in [1.82, 2.24) is 4.90 Å². The molecule has 0 N–H and O–H groups in total. The number of hydrogen-bond acceptors (Lipinski definition) is 5. The number of sulfonamides is 1. The molecule has 0 radical (unpaired) electrons. The molecule has 0 bridgehead atoms. The molecule has 0 saturated heterocycles. The van der Waals surface area contributed by atoms with E-state index < -0.39 is 10.0 Å². The fourth-order valence-electron chi connectivity index (χ4n) is 3.31. The minimum atomic E-state index is -3.65. The van der Waals surface area contributed by atoms with E-state index in [1.54, 1.807) is 35.5 Å². The van der Waals surface area contributed by atoms with E-state index in [9.17, 15) is 13.2 Å². The lowest BCUT2D eigenvalue weighted by Gasteiger charge is -2.28. The molecule has 1 amide bonds. The molecule has 1 aromatic heterocycles. The van der Waals surface area contributed by atoms with Gasteiger partial charge in [-0.15, -0.1) is 11.3 Å². The van der Waals surface area contributed by atoms with Gasteiger partial charge in [0.1, 0.15) is 12.3 Å². The first-order valence-electron chi connectivity index (χ1n) is 9.75. The first-order valence-corrected chi connectivity index (χ1v) is 12.5. The highest BCUT2D eigenvalue weighted by atomic mass is 32.2. The number of ether oxygens (including phenoxy) is 1. The quantitative estimate of drug-likeness (QED) is 0.485. The fraction of sp³-hybridized carbons (Fsp3) is 0.261. The average molecular weight is 459 g/mol. The van der Waals surface area contributed by atoms with Crippen molar-refractivity contribution in [2.45, 2.75) is 20.0 Å². The maximum absolute atomic E-state index is 13.4. The zero-order valence-electron chi connectivity index (χ0n) is 17.8. The van der Waals surface area contributed by atoms with E-state index in [1.165, 1.54) is 4.31 Å². The van der Waals surface area contributed by atoms with Gasteiger partial charge in [0.25, 0.3) is 0 Å². The van der Waals surface area contributed by atoms with Crippen molar-refractivity contribution in [2.24, 2.45) is 0 Å². The highest BCUT2D eigenvalue weighted by molar-refractivity contribution is 7.92. The summed E-state index contributed by atoms with van der Waals surface area (Å²) in [4.78, 5) is 16.1. The van der Waals surface area contributed by atoms with E-state index in [-0.39, 0.29) is 12.5 Å². The van der Waals surface area contributed by atoms with E-state index in [2.05, 4.69) is 0 Å². The molecule has 0 aliphatic heterocycles. The Kier molecular flexibility index (Phi) is 7.35. The van der Waals surface area contributed by atoms with Gasteiger partial charge in [0, 0.05) is 17.0 Å². The third-order valence-electron chi connectivity index (χ3n) is 4.90. The van der Waals surface area contributed by atoms with Gasteiger partial charge in [-0.3, -0.25) is 9.10 Å². The van der Waals surface area contributed by atoms with Crippen molar-refractivity contribution >= 4 is 33.0 Å². The van der Waals surface area contributed by atoms with Gasteiger partial charge in [-0.2, -0.15) is 0 Å². The van der Waals surface area contributed by atoms with Crippen LogP contribution in [0, 0.1) is 6.92 Å². The fourth-order valence-corrected chi connectivity index (χ4v) is 4.94. The van der Waals surface area contributed by atoms with E-state index in [4.69, 9.17) is 4.74 Å². The summed E-state index contributed by atoms with van der Waals surface area (Å²) in [6.45, 7) is 2.26. The van der Waals surface area contributed by atoms with E-state index in [0.29, 0.717) is 24.5 Å². The first kappa shape index (κ1) is 22.8. The van der Waals surface area contributed by atoms with Crippen molar-refractivity contribution in [3.63, 3.8) is 0 Å². The second kappa shape index (κ2) is 9.98. The molecule has 31 heavy (non-hydrogen) atoms.